The predicted octanol–water partition coefficient (Wildman–Crippen LogP) is 1.40. The fraction of sp³-hybridized carbons (Fsp3) is 0.500. The molecule has 0 unspecified atom stereocenters. The van der Waals surface area contributed by atoms with Crippen molar-refractivity contribution in [2.24, 2.45) is 0 Å². The van der Waals surface area contributed by atoms with Crippen LogP contribution in [0.25, 0.3) is 0 Å². The maximum Gasteiger partial charge on any atom is 0.411 e. The van der Waals surface area contributed by atoms with Gasteiger partial charge in [-0.25, -0.2) is 4.79 Å². The molecule has 6 nitrogen and oxygen atoms in total. The number of benzene rings is 1. The minimum absolute atomic E-state index is 0.0908. The molecule has 0 radical (unpaired) electrons. The van der Waals surface area contributed by atoms with Gasteiger partial charge < -0.3 is 10.1 Å². The maximum absolute atomic E-state index is 12.5. The highest BCUT2D eigenvalue weighted by Crippen LogP contribution is 2.30. The van der Waals surface area contributed by atoms with Gasteiger partial charge in [-0.05, 0) is 33.6 Å². The van der Waals surface area contributed by atoms with Crippen molar-refractivity contribution in [3.63, 3.8) is 0 Å². The molecule has 0 spiro atoms. The van der Waals surface area contributed by atoms with Crippen LogP contribution in [0.4, 0.5) is 4.79 Å². The molecule has 1 aliphatic rings. The van der Waals surface area contributed by atoms with E-state index in [-0.39, 0.29) is 22.3 Å². The third-order valence-electron chi connectivity index (χ3n) is 4.02. The van der Waals surface area contributed by atoms with Crippen LogP contribution in [0.1, 0.15) is 44.0 Å². The van der Waals surface area contributed by atoms with Gasteiger partial charge in [0.1, 0.15) is 19.5 Å². The smallest absolute Gasteiger partial charge is 0.411 e. The van der Waals surface area contributed by atoms with E-state index < -0.39 is 17.7 Å². The summed E-state index contributed by atoms with van der Waals surface area (Å²) in [5.41, 5.74) is 0.995. The first-order valence-electron chi connectivity index (χ1n) is 8.61. The number of ketones is 1. The van der Waals surface area contributed by atoms with E-state index in [0.717, 1.165) is 5.46 Å². The summed E-state index contributed by atoms with van der Waals surface area (Å²) >= 11 is 2.14. The summed E-state index contributed by atoms with van der Waals surface area (Å²) in [5.74, 6) is -0.485. The molecule has 1 saturated heterocycles. The van der Waals surface area contributed by atoms with Crippen molar-refractivity contribution in [2.75, 3.05) is 6.54 Å². The van der Waals surface area contributed by atoms with Crippen molar-refractivity contribution in [3.05, 3.63) is 29.8 Å². The lowest BCUT2D eigenvalue weighted by atomic mass is 9.94. The molecule has 0 bridgehead atoms. The summed E-state index contributed by atoms with van der Waals surface area (Å²) in [7, 11) is 1.95. The van der Waals surface area contributed by atoms with Crippen molar-refractivity contribution in [2.45, 2.75) is 49.3 Å². The normalized spacial score (nSPS) is 19.9. The van der Waals surface area contributed by atoms with Gasteiger partial charge in [0.2, 0.25) is 5.91 Å². The molecular formula is C18H24BIN2O4. The third-order valence-corrected chi connectivity index (χ3v) is 5.24. The molecular weight excluding hydrogens is 446 g/mol. The van der Waals surface area contributed by atoms with E-state index in [4.69, 9.17) is 4.74 Å². The summed E-state index contributed by atoms with van der Waals surface area (Å²) in [4.78, 5) is 38.7. The van der Waals surface area contributed by atoms with E-state index in [2.05, 4.69) is 27.9 Å². The van der Waals surface area contributed by atoms with Crippen LogP contribution in [0, 0.1) is 0 Å². The van der Waals surface area contributed by atoms with Crippen LogP contribution in [0.2, 0.25) is 0 Å². The molecule has 8 heteroatoms. The molecule has 0 aliphatic carbocycles. The van der Waals surface area contributed by atoms with Gasteiger partial charge >= 0.3 is 6.09 Å². The van der Waals surface area contributed by atoms with Gasteiger partial charge in [0.15, 0.2) is 5.78 Å². The Morgan fingerprint density at radius 2 is 1.85 bits per heavy atom. The lowest BCUT2D eigenvalue weighted by Gasteiger charge is -2.30. The molecule has 2 amide bonds. The highest BCUT2D eigenvalue weighted by atomic mass is 127. The number of ether oxygens (including phenoxy) is 1. The second-order valence-corrected chi connectivity index (χ2v) is 8.86. The summed E-state index contributed by atoms with van der Waals surface area (Å²) in [5, 5.41) is 2.66. The zero-order valence-electron chi connectivity index (χ0n) is 15.5. The van der Waals surface area contributed by atoms with Gasteiger partial charge in [0, 0.05) is 5.56 Å². The highest BCUT2D eigenvalue weighted by Gasteiger charge is 2.41. The molecule has 2 rings (SSSR count). The second-order valence-electron chi connectivity index (χ2n) is 7.42. The van der Waals surface area contributed by atoms with Gasteiger partial charge in [-0.2, -0.15) is 0 Å². The third kappa shape index (κ3) is 5.46. The van der Waals surface area contributed by atoms with Gasteiger partial charge in [-0.3, -0.25) is 14.5 Å². The number of hydrogen-bond donors (Lipinski definition) is 1. The number of likely N-dealkylation sites (tertiary alicyclic amines) is 1. The number of amides is 2. The predicted molar refractivity (Wildman–Crippen MR) is 111 cm³/mol. The number of carbonyl (C=O) groups is 3. The molecule has 1 heterocycles. The average Bonchev–Trinajstić information content (AvgIpc) is 2.93. The Hall–Kier alpha value is -1.58. The van der Waals surface area contributed by atoms with Crippen LogP contribution < -0.4 is 10.8 Å². The number of nitrogens with zero attached hydrogens (tertiary/aromatic N) is 1. The van der Waals surface area contributed by atoms with E-state index in [1.54, 1.807) is 32.9 Å². The van der Waals surface area contributed by atoms with Crippen LogP contribution in [0.5, 0.6) is 0 Å². The number of carbonyl (C=O) groups excluding carboxylic acids is 3. The second kappa shape index (κ2) is 8.41. The van der Waals surface area contributed by atoms with E-state index in [0.29, 0.717) is 18.4 Å². The number of alkyl halides is 1. The Bertz CT molecular complexity index is 687. The highest BCUT2D eigenvalue weighted by molar-refractivity contribution is 14.1. The summed E-state index contributed by atoms with van der Waals surface area (Å²) in [6.45, 7) is 5.28. The SMILES string of the molecule is Bc1ccc(C(=O)CNC(=O)[C@@H]2CC[C@H](I)N2C(=O)OC(C)(C)C)cc1. The molecule has 0 aromatic heterocycles. The monoisotopic (exact) mass is 470 g/mol. The summed E-state index contributed by atoms with van der Waals surface area (Å²) in [6, 6.07) is 6.59. The van der Waals surface area contributed by atoms with Crippen LogP contribution in [-0.4, -0.2) is 52.8 Å². The minimum atomic E-state index is -0.627. The molecule has 1 aliphatic heterocycles. The van der Waals surface area contributed by atoms with Crippen molar-refractivity contribution >= 4 is 53.7 Å². The van der Waals surface area contributed by atoms with Gasteiger partial charge in [-0.1, -0.05) is 52.3 Å². The van der Waals surface area contributed by atoms with E-state index in [9.17, 15) is 14.4 Å². The minimum Gasteiger partial charge on any atom is -0.444 e. The van der Waals surface area contributed by atoms with Gasteiger partial charge in [0.25, 0.3) is 0 Å². The number of rotatable bonds is 4. The molecule has 1 N–H and O–H groups in total. The van der Waals surface area contributed by atoms with Crippen molar-refractivity contribution < 1.29 is 19.1 Å². The van der Waals surface area contributed by atoms with Gasteiger partial charge in [0.05, 0.1) is 10.6 Å². The van der Waals surface area contributed by atoms with E-state index in [1.165, 1.54) is 4.90 Å². The topological polar surface area (TPSA) is 75.7 Å². The maximum atomic E-state index is 12.5. The molecule has 1 fully saturated rings. The fourth-order valence-electron chi connectivity index (χ4n) is 2.71. The van der Waals surface area contributed by atoms with Crippen LogP contribution >= 0.6 is 22.6 Å². The summed E-state index contributed by atoms with van der Waals surface area (Å²) < 4.78 is 5.31. The molecule has 1 aromatic rings. The lowest BCUT2D eigenvalue weighted by Crippen LogP contribution is -2.49. The Labute approximate surface area is 168 Å². The van der Waals surface area contributed by atoms with Crippen molar-refractivity contribution in [3.8, 4) is 0 Å². The van der Waals surface area contributed by atoms with Crippen LogP contribution in [0.3, 0.4) is 0 Å². The number of halogens is 1. The van der Waals surface area contributed by atoms with Gasteiger partial charge in [-0.15, -0.1) is 0 Å². The van der Waals surface area contributed by atoms with E-state index in [1.807, 2.05) is 20.0 Å². The average molecular weight is 470 g/mol. The molecule has 2 atom stereocenters. The number of hydrogen-bond acceptors (Lipinski definition) is 4. The zero-order chi connectivity index (χ0) is 19.5. The largest absolute Gasteiger partial charge is 0.444 e. The zero-order valence-corrected chi connectivity index (χ0v) is 17.7. The fourth-order valence-corrected chi connectivity index (χ4v) is 3.68. The quantitative estimate of drug-likeness (QED) is 0.238. The summed E-state index contributed by atoms with van der Waals surface area (Å²) in [6.07, 6.45) is 0.765. The Balaban J connectivity index is 1.97. The molecule has 140 valence electrons. The standard InChI is InChI=1S/C18H24BIN2O4/c1-18(2,3)26-17(25)22-13(8-9-15(22)20)16(24)21-10-14(23)11-4-6-12(19)7-5-11/h4-7,13,15H,8-10,19H2,1-3H3,(H,21,24)/t13-,15+/m0/s1. The van der Waals surface area contributed by atoms with Crippen molar-refractivity contribution in [1.29, 1.82) is 0 Å². The first-order valence-corrected chi connectivity index (χ1v) is 9.86. The molecule has 1 aromatic carbocycles. The number of nitrogens with one attached hydrogen (secondary N) is 1. The first kappa shape index (κ1) is 20.7. The molecule has 26 heavy (non-hydrogen) atoms. The van der Waals surface area contributed by atoms with E-state index >= 15 is 0 Å². The van der Waals surface area contributed by atoms with Crippen LogP contribution in [-0.2, 0) is 9.53 Å². The lowest BCUT2D eigenvalue weighted by molar-refractivity contribution is -0.125. The Kier molecular flexibility index (Phi) is 6.71. The first-order chi connectivity index (χ1) is 12.1. The Morgan fingerprint density at radius 1 is 1.23 bits per heavy atom. The molecule has 0 saturated carbocycles. The Morgan fingerprint density at radius 3 is 2.42 bits per heavy atom. The number of Topliss-reactive ketones (excluding diaryl/α,β-unsaturated/α-hetero) is 1. The van der Waals surface area contributed by atoms with Crippen LogP contribution in [0.15, 0.2) is 24.3 Å². The van der Waals surface area contributed by atoms with Crippen molar-refractivity contribution in [1.82, 2.24) is 10.2 Å².